The Morgan fingerprint density at radius 1 is 1.12 bits per heavy atom. The number of aromatic nitrogens is 2. The molecule has 0 fully saturated rings. The largest absolute Gasteiger partial charge is 0.350 e. The van der Waals surface area contributed by atoms with Crippen LogP contribution in [-0.2, 0) is 6.54 Å². The Morgan fingerprint density at radius 2 is 1.94 bits per heavy atom. The zero-order valence-electron chi connectivity index (χ0n) is 17.7. The fourth-order valence-electron chi connectivity index (χ4n) is 3.81. The number of pyridine rings is 1. The van der Waals surface area contributed by atoms with Crippen molar-refractivity contribution >= 4 is 45.4 Å². The van der Waals surface area contributed by atoms with Gasteiger partial charge in [0.05, 0.1) is 15.4 Å². The van der Waals surface area contributed by atoms with Crippen molar-refractivity contribution in [3.63, 3.8) is 0 Å². The van der Waals surface area contributed by atoms with Gasteiger partial charge >= 0.3 is 0 Å². The molecule has 33 heavy (non-hydrogen) atoms. The number of amides is 1. The van der Waals surface area contributed by atoms with Crippen LogP contribution >= 0.6 is 22.9 Å². The highest BCUT2D eigenvalue weighted by atomic mass is 35.5. The molecule has 0 atom stereocenters. The van der Waals surface area contributed by atoms with Gasteiger partial charge in [-0.25, -0.2) is 4.39 Å². The molecule has 0 unspecified atom stereocenters. The van der Waals surface area contributed by atoms with E-state index >= 15 is 0 Å². The number of anilines is 1. The first kappa shape index (κ1) is 21.4. The minimum atomic E-state index is -0.583. The molecule has 0 bridgehead atoms. The molecule has 3 heterocycles. The fourth-order valence-corrected chi connectivity index (χ4v) is 4.85. The Kier molecular flexibility index (Phi) is 5.70. The van der Waals surface area contributed by atoms with Crippen molar-refractivity contribution in [2.75, 3.05) is 5.32 Å². The van der Waals surface area contributed by atoms with Gasteiger partial charge in [-0.2, -0.15) is 0 Å². The first-order valence-electron chi connectivity index (χ1n) is 10.3. The summed E-state index contributed by atoms with van der Waals surface area (Å²) >= 11 is 7.33. The molecular formula is C26H19ClFN3OS. The average Bonchev–Trinajstić information content (AvgIpc) is 3.47. The van der Waals surface area contributed by atoms with Gasteiger partial charge in [-0.05, 0) is 72.1 Å². The molecule has 5 aromatic rings. The predicted octanol–water partition coefficient (Wildman–Crippen LogP) is 7.17. The van der Waals surface area contributed by atoms with Crippen molar-refractivity contribution in [3.05, 3.63) is 106 Å². The lowest BCUT2D eigenvalue weighted by atomic mass is 10.1. The average molecular weight is 476 g/mol. The third kappa shape index (κ3) is 4.40. The van der Waals surface area contributed by atoms with E-state index in [-0.39, 0.29) is 5.56 Å². The zero-order valence-corrected chi connectivity index (χ0v) is 19.3. The number of carbonyl (C=O) groups is 1. The second kappa shape index (κ2) is 8.81. The van der Waals surface area contributed by atoms with Crippen LogP contribution in [0.15, 0.2) is 79.3 Å². The summed E-state index contributed by atoms with van der Waals surface area (Å²) in [6.45, 7) is 2.64. The van der Waals surface area contributed by atoms with Crippen LogP contribution < -0.4 is 5.32 Å². The third-order valence-corrected chi connectivity index (χ3v) is 6.79. The molecule has 0 aliphatic carbocycles. The molecule has 1 N–H and O–H groups in total. The number of rotatable bonds is 5. The SMILES string of the molecule is Cc1c(NC(=O)c2ccc(-c3ccc(Cl)s3)cc2F)ccc2cc(Cn3cccc3)cnc12. The Hall–Kier alpha value is -3.48. The Labute approximate surface area is 199 Å². The van der Waals surface area contributed by atoms with Crippen LogP contribution in [0.25, 0.3) is 21.3 Å². The van der Waals surface area contributed by atoms with Gasteiger partial charge in [0.25, 0.3) is 5.91 Å². The first-order valence-corrected chi connectivity index (χ1v) is 11.5. The highest BCUT2D eigenvalue weighted by Gasteiger charge is 2.16. The quantitative estimate of drug-likeness (QED) is 0.293. The van der Waals surface area contributed by atoms with Crippen LogP contribution in [0.5, 0.6) is 0 Å². The summed E-state index contributed by atoms with van der Waals surface area (Å²) in [6.07, 6.45) is 5.86. The van der Waals surface area contributed by atoms with Crippen molar-refractivity contribution < 1.29 is 9.18 Å². The molecule has 7 heteroatoms. The van der Waals surface area contributed by atoms with Gasteiger partial charge < -0.3 is 9.88 Å². The van der Waals surface area contributed by atoms with Gasteiger partial charge in [-0.3, -0.25) is 9.78 Å². The number of aryl methyl sites for hydroxylation is 1. The second-order valence-corrected chi connectivity index (χ2v) is 9.48. The molecule has 0 radical (unpaired) electrons. The monoisotopic (exact) mass is 475 g/mol. The molecule has 164 valence electrons. The summed E-state index contributed by atoms with van der Waals surface area (Å²) in [5, 5.41) is 3.82. The topological polar surface area (TPSA) is 46.9 Å². The number of hydrogen-bond acceptors (Lipinski definition) is 3. The van der Waals surface area contributed by atoms with Crippen LogP contribution in [-0.4, -0.2) is 15.5 Å². The standard InChI is InChI=1S/C26H19ClFN3OS/c1-16-22(7-5-19-12-17(14-29-25(16)19)15-31-10-2-3-11-31)30-26(32)20-6-4-18(13-21(20)28)23-8-9-24(27)33-23/h2-14H,15H2,1H3,(H,30,32). The second-order valence-electron chi connectivity index (χ2n) is 7.76. The van der Waals surface area contributed by atoms with Crippen molar-refractivity contribution in [2.24, 2.45) is 0 Å². The predicted molar refractivity (Wildman–Crippen MR) is 133 cm³/mol. The maximum absolute atomic E-state index is 14.7. The number of nitrogens with one attached hydrogen (secondary N) is 1. The van der Waals surface area contributed by atoms with Gasteiger partial charge in [0.15, 0.2) is 0 Å². The summed E-state index contributed by atoms with van der Waals surface area (Å²) in [4.78, 5) is 18.3. The lowest BCUT2D eigenvalue weighted by molar-refractivity contribution is 0.102. The Balaban J connectivity index is 1.38. The van der Waals surface area contributed by atoms with Gasteiger partial charge in [-0.1, -0.05) is 23.7 Å². The van der Waals surface area contributed by atoms with Crippen molar-refractivity contribution in [1.82, 2.24) is 9.55 Å². The number of fused-ring (bicyclic) bond motifs is 1. The van der Waals surface area contributed by atoms with Crippen LogP contribution in [0.2, 0.25) is 4.34 Å². The maximum Gasteiger partial charge on any atom is 0.258 e. The van der Waals surface area contributed by atoms with Crippen LogP contribution in [0.4, 0.5) is 10.1 Å². The molecule has 0 aliphatic heterocycles. The highest BCUT2D eigenvalue weighted by molar-refractivity contribution is 7.19. The van der Waals surface area contributed by atoms with E-state index < -0.39 is 11.7 Å². The van der Waals surface area contributed by atoms with E-state index in [4.69, 9.17) is 11.6 Å². The molecule has 0 saturated heterocycles. The third-order valence-electron chi connectivity index (χ3n) is 5.51. The molecule has 1 amide bonds. The van der Waals surface area contributed by atoms with E-state index in [1.807, 2.05) is 55.8 Å². The fraction of sp³-hybridized carbons (Fsp3) is 0.0769. The van der Waals surface area contributed by atoms with Gasteiger partial charge in [-0.15, -0.1) is 11.3 Å². The van der Waals surface area contributed by atoms with E-state index in [2.05, 4.69) is 20.9 Å². The summed E-state index contributed by atoms with van der Waals surface area (Å²) in [5.41, 5.74) is 3.99. The van der Waals surface area contributed by atoms with E-state index in [9.17, 15) is 9.18 Å². The summed E-state index contributed by atoms with van der Waals surface area (Å²) in [7, 11) is 0. The van der Waals surface area contributed by atoms with Gasteiger partial charge in [0, 0.05) is 41.1 Å². The van der Waals surface area contributed by atoms with Crippen LogP contribution in [0.3, 0.4) is 0 Å². The van der Waals surface area contributed by atoms with Crippen LogP contribution in [0, 0.1) is 12.7 Å². The van der Waals surface area contributed by atoms with Gasteiger partial charge in [0.1, 0.15) is 5.82 Å². The van der Waals surface area contributed by atoms with E-state index in [1.54, 1.807) is 12.1 Å². The first-order chi connectivity index (χ1) is 16.0. The van der Waals surface area contributed by atoms with Crippen molar-refractivity contribution in [3.8, 4) is 10.4 Å². The number of halogens is 2. The highest BCUT2D eigenvalue weighted by Crippen LogP contribution is 2.32. The van der Waals surface area contributed by atoms with E-state index in [0.29, 0.717) is 15.6 Å². The number of hydrogen-bond donors (Lipinski definition) is 1. The van der Waals surface area contributed by atoms with Crippen molar-refractivity contribution in [2.45, 2.75) is 13.5 Å². The molecule has 3 aromatic heterocycles. The minimum absolute atomic E-state index is 0.0177. The molecule has 0 saturated carbocycles. The van der Waals surface area contributed by atoms with E-state index in [0.717, 1.165) is 33.5 Å². The minimum Gasteiger partial charge on any atom is -0.350 e. The molecular weight excluding hydrogens is 457 g/mol. The molecule has 0 spiro atoms. The van der Waals surface area contributed by atoms with Crippen LogP contribution in [0.1, 0.15) is 21.5 Å². The number of thiophene rings is 1. The zero-order chi connectivity index (χ0) is 22.9. The van der Waals surface area contributed by atoms with E-state index in [1.165, 1.54) is 23.5 Å². The Morgan fingerprint density at radius 3 is 2.67 bits per heavy atom. The lowest BCUT2D eigenvalue weighted by Gasteiger charge is -2.12. The smallest absolute Gasteiger partial charge is 0.258 e. The molecule has 0 aliphatic rings. The summed E-state index contributed by atoms with van der Waals surface area (Å²) in [6, 6.07) is 18.0. The normalized spacial score (nSPS) is 11.1. The summed E-state index contributed by atoms with van der Waals surface area (Å²) < 4.78 is 17.5. The summed E-state index contributed by atoms with van der Waals surface area (Å²) in [5.74, 6) is -1.09. The Bertz CT molecular complexity index is 1480. The van der Waals surface area contributed by atoms with Gasteiger partial charge in [0.2, 0.25) is 0 Å². The maximum atomic E-state index is 14.7. The molecule has 4 nitrogen and oxygen atoms in total. The number of carbonyl (C=O) groups excluding carboxylic acids is 1. The lowest BCUT2D eigenvalue weighted by Crippen LogP contribution is -2.14. The van der Waals surface area contributed by atoms with Crippen molar-refractivity contribution in [1.29, 1.82) is 0 Å². The number of benzene rings is 2. The number of nitrogens with zero attached hydrogens (tertiary/aromatic N) is 2. The molecule has 2 aromatic carbocycles. The molecule has 5 rings (SSSR count).